The molecule has 0 aromatic heterocycles. The minimum absolute atomic E-state index is 0.410. The average Bonchev–Trinajstić information content (AvgIpc) is 2.92. The Hall–Kier alpha value is -0.670. The average molecular weight is 293 g/mol. The van der Waals surface area contributed by atoms with E-state index in [4.69, 9.17) is 4.74 Å². The van der Waals surface area contributed by atoms with E-state index in [9.17, 15) is 0 Å². The fourth-order valence-electron chi connectivity index (χ4n) is 2.89. The van der Waals surface area contributed by atoms with Crippen LogP contribution in [0.1, 0.15) is 51.1 Å². The summed E-state index contributed by atoms with van der Waals surface area (Å²) in [6.45, 7) is 5.19. The predicted molar refractivity (Wildman–Crippen MR) is 88.7 cm³/mol. The van der Waals surface area contributed by atoms with Gasteiger partial charge in [0.05, 0.1) is 6.61 Å². The van der Waals surface area contributed by atoms with Gasteiger partial charge in [-0.2, -0.15) is 11.8 Å². The number of hydrogen-bond acceptors (Lipinski definition) is 3. The van der Waals surface area contributed by atoms with Crippen LogP contribution in [0.5, 0.6) is 5.75 Å². The summed E-state index contributed by atoms with van der Waals surface area (Å²) in [7, 11) is 0. The first-order valence-corrected chi connectivity index (χ1v) is 9.05. The van der Waals surface area contributed by atoms with Crippen LogP contribution in [0.3, 0.4) is 0 Å². The molecule has 1 saturated carbocycles. The highest BCUT2D eigenvalue weighted by molar-refractivity contribution is 7.99. The Kier molecular flexibility index (Phi) is 6.24. The van der Waals surface area contributed by atoms with Gasteiger partial charge in [-0.25, -0.2) is 0 Å². The minimum atomic E-state index is 0.410. The third kappa shape index (κ3) is 4.16. The number of thioether (sulfide) groups is 1. The van der Waals surface area contributed by atoms with Gasteiger partial charge in [0.15, 0.2) is 0 Å². The van der Waals surface area contributed by atoms with Crippen molar-refractivity contribution in [1.82, 2.24) is 5.32 Å². The molecule has 1 aliphatic carbocycles. The van der Waals surface area contributed by atoms with E-state index < -0.39 is 0 Å². The quantitative estimate of drug-likeness (QED) is 0.804. The lowest BCUT2D eigenvalue weighted by molar-refractivity contribution is 0.317. The maximum atomic E-state index is 5.63. The van der Waals surface area contributed by atoms with Crippen molar-refractivity contribution in [3.05, 3.63) is 29.8 Å². The first kappa shape index (κ1) is 15.7. The first-order chi connectivity index (χ1) is 9.74. The summed E-state index contributed by atoms with van der Waals surface area (Å²) >= 11 is 2.01. The van der Waals surface area contributed by atoms with E-state index in [1.807, 2.05) is 11.8 Å². The van der Waals surface area contributed by atoms with E-state index >= 15 is 0 Å². The molecule has 1 aromatic rings. The molecule has 2 rings (SSSR count). The second-order valence-electron chi connectivity index (χ2n) is 5.62. The van der Waals surface area contributed by atoms with E-state index in [2.05, 4.69) is 49.7 Å². The van der Waals surface area contributed by atoms with E-state index in [1.165, 1.54) is 24.8 Å². The van der Waals surface area contributed by atoms with Crippen molar-refractivity contribution in [2.24, 2.45) is 0 Å². The Morgan fingerprint density at radius 3 is 2.70 bits per heavy atom. The summed E-state index contributed by atoms with van der Waals surface area (Å²) in [5.74, 6) is 0.977. The Labute approximate surface area is 127 Å². The summed E-state index contributed by atoms with van der Waals surface area (Å²) in [4.78, 5) is 0. The Bertz CT molecular complexity index is 392. The lowest BCUT2D eigenvalue weighted by atomic mass is 10.1. The molecule has 0 heterocycles. The normalized spacial score (nSPS) is 23.8. The minimum Gasteiger partial charge on any atom is -0.494 e. The number of nitrogens with one attached hydrogen (secondary N) is 1. The van der Waals surface area contributed by atoms with Crippen LogP contribution in [0.15, 0.2) is 24.3 Å². The summed E-state index contributed by atoms with van der Waals surface area (Å²) < 4.78 is 5.63. The number of rotatable bonds is 7. The summed E-state index contributed by atoms with van der Waals surface area (Å²) in [5, 5.41) is 4.58. The third-order valence-corrected chi connectivity index (χ3v) is 5.24. The van der Waals surface area contributed by atoms with Crippen molar-refractivity contribution in [2.45, 2.75) is 56.9 Å². The molecule has 3 heteroatoms. The second kappa shape index (κ2) is 7.94. The van der Waals surface area contributed by atoms with Crippen molar-refractivity contribution in [3.63, 3.8) is 0 Å². The van der Waals surface area contributed by atoms with Gasteiger partial charge in [0, 0.05) is 17.3 Å². The molecule has 3 atom stereocenters. The van der Waals surface area contributed by atoms with Crippen LogP contribution in [0.2, 0.25) is 0 Å². The van der Waals surface area contributed by atoms with Crippen LogP contribution >= 0.6 is 11.8 Å². The largest absolute Gasteiger partial charge is 0.494 e. The monoisotopic (exact) mass is 293 g/mol. The third-order valence-electron chi connectivity index (χ3n) is 4.07. The van der Waals surface area contributed by atoms with Crippen molar-refractivity contribution in [1.29, 1.82) is 0 Å². The smallest absolute Gasteiger partial charge is 0.119 e. The molecule has 0 radical (unpaired) electrons. The van der Waals surface area contributed by atoms with Crippen LogP contribution in [-0.4, -0.2) is 24.2 Å². The summed E-state index contributed by atoms with van der Waals surface area (Å²) in [5.41, 5.74) is 1.35. The molecule has 2 nitrogen and oxygen atoms in total. The SMILES string of the molecule is CCCOc1ccc(C(C)NC2CCCC2SC)cc1. The van der Waals surface area contributed by atoms with Crippen LogP contribution < -0.4 is 10.1 Å². The van der Waals surface area contributed by atoms with Crippen LogP contribution in [-0.2, 0) is 0 Å². The van der Waals surface area contributed by atoms with Crippen LogP contribution in [0, 0.1) is 0 Å². The first-order valence-electron chi connectivity index (χ1n) is 7.76. The number of hydrogen-bond donors (Lipinski definition) is 1. The zero-order chi connectivity index (χ0) is 14.4. The lowest BCUT2D eigenvalue weighted by Gasteiger charge is -2.24. The molecule has 1 fully saturated rings. The molecule has 1 N–H and O–H groups in total. The fourth-order valence-corrected chi connectivity index (χ4v) is 3.83. The summed E-state index contributed by atoms with van der Waals surface area (Å²) in [6.07, 6.45) is 7.31. The van der Waals surface area contributed by atoms with Gasteiger partial charge >= 0.3 is 0 Å². The summed E-state index contributed by atoms with van der Waals surface area (Å²) in [6, 6.07) is 9.62. The van der Waals surface area contributed by atoms with E-state index in [-0.39, 0.29) is 0 Å². The van der Waals surface area contributed by atoms with Crippen LogP contribution in [0.25, 0.3) is 0 Å². The Balaban J connectivity index is 1.90. The van der Waals surface area contributed by atoms with Gasteiger partial charge in [0.2, 0.25) is 0 Å². The highest BCUT2D eigenvalue weighted by Crippen LogP contribution is 2.30. The van der Waals surface area contributed by atoms with Gasteiger partial charge in [-0.1, -0.05) is 25.5 Å². The second-order valence-corrected chi connectivity index (χ2v) is 6.69. The highest BCUT2D eigenvalue weighted by atomic mass is 32.2. The van der Waals surface area contributed by atoms with Gasteiger partial charge in [-0.3, -0.25) is 0 Å². The molecule has 112 valence electrons. The van der Waals surface area contributed by atoms with E-state index in [0.717, 1.165) is 24.0 Å². The molecule has 0 amide bonds. The van der Waals surface area contributed by atoms with E-state index in [1.54, 1.807) is 0 Å². The van der Waals surface area contributed by atoms with Gasteiger partial charge < -0.3 is 10.1 Å². The van der Waals surface area contributed by atoms with Gasteiger partial charge in [0.1, 0.15) is 5.75 Å². The zero-order valence-corrected chi connectivity index (χ0v) is 13.7. The molecule has 0 aliphatic heterocycles. The molecular weight excluding hydrogens is 266 g/mol. The van der Waals surface area contributed by atoms with Crippen molar-refractivity contribution < 1.29 is 4.74 Å². The van der Waals surface area contributed by atoms with Crippen molar-refractivity contribution >= 4 is 11.8 Å². The zero-order valence-electron chi connectivity index (χ0n) is 12.9. The standard InChI is InChI=1S/C17H27NOS/c1-4-12-19-15-10-8-14(9-11-15)13(2)18-16-6-5-7-17(16)20-3/h8-11,13,16-18H,4-7,12H2,1-3H3. The van der Waals surface area contributed by atoms with Crippen LogP contribution in [0.4, 0.5) is 0 Å². The van der Waals surface area contributed by atoms with Gasteiger partial charge in [-0.15, -0.1) is 0 Å². The maximum Gasteiger partial charge on any atom is 0.119 e. The highest BCUT2D eigenvalue weighted by Gasteiger charge is 2.27. The molecule has 0 bridgehead atoms. The molecule has 20 heavy (non-hydrogen) atoms. The van der Waals surface area contributed by atoms with Crippen molar-refractivity contribution in [2.75, 3.05) is 12.9 Å². The Morgan fingerprint density at radius 2 is 2.05 bits per heavy atom. The molecule has 1 aromatic carbocycles. The Morgan fingerprint density at radius 1 is 1.30 bits per heavy atom. The molecule has 3 unspecified atom stereocenters. The predicted octanol–water partition coefficient (Wildman–Crippen LogP) is 4.41. The van der Waals surface area contributed by atoms with Crippen molar-refractivity contribution in [3.8, 4) is 5.75 Å². The molecule has 0 spiro atoms. The molecular formula is C17H27NOS. The number of ether oxygens (including phenoxy) is 1. The number of benzene rings is 1. The van der Waals surface area contributed by atoms with Gasteiger partial charge in [0.25, 0.3) is 0 Å². The lowest BCUT2D eigenvalue weighted by Crippen LogP contribution is -2.35. The maximum absolute atomic E-state index is 5.63. The van der Waals surface area contributed by atoms with E-state index in [0.29, 0.717) is 12.1 Å². The molecule has 0 saturated heterocycles. The topological polar surface area (TPSA) is 21.3 Å². The molecule has 1 aliphatic rings. The fraction of sp³-hybridized carbons (Fsp3) is 0.647. The van der Waals surface area contributed by atoms with Gasteiger partial charge in [-0.05, 0) is 50.1 Å².